The Morgan fingerprint density at radius 3 is 2.47 bits per heavy atom. The number of hydrogen-bond donors (Lipinski definition) is 3. The molecule has 2 aromatic heterocycles. The number of carbonyl (C=O) groups excluding carboxylic acids is 1. The van der Waals surface area contributed by atoms with E-state index in [1.807, 2.05) is 6.92 Å². The Bertz CT molecular complexity index is 1090. The summed E-state index contributed by atoms with van der Waals surface area (Å²) in [5.41, 5.74) is 0.484. The maximum absolute atomic E-state index is 13.6. The topological polar surface area (TPSA) is 117 Å². The number of thiazole rings is 1. The molecule has 12 heteroatoms. The molecule has 0 fully saturated rings. The summed E-state index contributed by atoms with van der Waals surface area (Å²) in [5.74, 6) is -2.16. The minimum Gasteiger partial charge on any atom is -0.346 e. The molecule has 0 saturated heterocycles. The number of nitrogens with one attached hydrogen (secondary N) is 2. The molecule has 0 aliphatic rings. The van der Waals surface area contributed by atoms with Gasteiger partial charge in [0.1, 0.15) is 17.3 Å². The third-order valence-electron chi connectivity index (χ3n) is 4.02. The average Bonchev–Trinajstić information content (AvgIpc) is 3.08. The standard InChI is InChI=1S/C18H17F2N5O3S2/c1-9-16(17(25-30(27)28)11-3-12(19)5-13(20)4-11)22-8-15(24-9)18(26)23-7-14-6-21-10(2)29-14/h3-6,8,17,25H,7H2,1-2H3,(H,23,26)(H,27,28). The van der Waals surface area contributed by atoms with Crippen molar-refractivity contribution in [3.8, 4) is 0 Å². The van der Waals surface area contributed by atoms with E-state index in [1.54, 1.807) is 6.20 Å². The zero-order valence-corrected chi connectivity index (χ0v) is 17.5. The molecule has 1 aromatic carbocycles. The van der Waals surface area contributed by atoms with Gasteiger partial charge in [0.15, 0.2) is 0 Å². The summed E-state index contributed by atoms with van der Waals surface area (Å²) < 4.78 is 50.2. The third kappa shape index (κ3) is 5.48. The number of rotatable bonds is 7. The Balaban J connectivity index is 1.85. The fourth-order valence-corrected chi connectivity index (χ4v) is 3.94. The molecule has 2 unspecified atom stereocenters. The summed E-state index contributed by atoms with van der Waals surface area (Å²) >= 11 is -1.05. The molecule has 0 aliphatic heterocycles. The van der Waals surface area contributed by atoms with Gasteiger partial charge in [-0.15, -0.1) is 11.3 Å². The van der Waals surface area contributed by atoms with E-state index in [-0.39, 0.29) is 29.2 Å². The Labute approximate surface area is 177 Å². The van der Waals surface area contributed by atoms with Crippen LogP contribution in [0.25, 0.3) is 0 Å². The van der Waals surface area contributed by atoms with Crippen molar-refractivity contribution in [1.29, 1.82) is 0 Å². The minimum atomic E-state index is -2.50. The number of aromatic nitrogens is 3. The molecule has 1 amide bonds. The van der Waals surface area contributed by atoms with E-state index in [0.717, 1.165) is 22.0 Å². The predicted molar refractivity (Wildman–Crippen MR) is 107 cm³/mol. The second-order valence-electron chi connectivity index (χ2n) is 6.26. The quantitative estimate of drug-likeness (QED) is 0.474. The zero-order valence-electron chi connectivity index (χ0n) is 15.8. The summed E-state index contributed by atoms with van der Waals surface area (Å²) in [6, 6.07) is 1.61. The van der Waals surface area contributed by atoms with Crippen LogP contribution in [0.1, 0.15) is 43.4 Å². The Morgan fingerprint density at radius 1 is 1.20 bits per heavy atom. The van der Waals surface area contributed by atoms with Crippen LogP contribution in [0.4, 0.5) is 8.78 Å². The highest BCUT2D eigenvalue weighted by molar-refractivity contribution is 7.77. The molecule has 0 bridgehead atoms. The van der Waals surface area contributed by atoms with Crippen LogP contribution in [-0.4, -0.2) is 29.6 Å². The summed E-state index contributed by atoms with van der Waals surface area (Å²) in [4.78, 5) is 25.7. The molecule has 0 aliphatic carbocycles. The van der Waals surface area contributed by atoms with E-state index in [1.165, 1.54) is 24.5 Å². The van der Waals surface area contributed by atoms with Gasteiger partial charge in [-0.2, -0.15) is 0 Å². The van der Waals surface area contributed by atoms with Gasteiger partial charge in [-0.3, -0.25) is 14.3 Å². The highest BCUT2D eigenvalue weighted by Gasteiger charge is 2.23. The lowest BCUT2D eigenvalue weighted by Gasteiger charge is -2.18. The molecule has 0 radical (unpaired) electrons. The van der Waals surface area contributed by atoms with Crippen molar-refractivity contribution in [2.75, 3.05) is 0 Å². The van der Waals surface area contributed by atoms with E-state index < -0.39 is 34.8 Å². The van der Waals surface area contributed by atoms with Crippen molar-refractivity contribution in [2.45, 2.75) is 26.4 Å². The van der Waals surface area contributed by atoms with Gasteiger partial charge < -0.3 is 5.32 Å². The second-order valence-corrected chi connectivity index (χ2v) is 8.31. The molecule has 0 spiro atoms. The highest BCUT2D eigenvalue weighted by atomic mass is 32.2. The van der Waals surface area contributed by atoms with Gasteiger partial charge in [-0.25, -0.2) is 27.7 Å². The predicted octanol–water partition coefficient (Wildman–Crippen LogP) is 2.57. The van der Waals surface area contributed by atoms with Crippen molar-refractivity contribution in [2.24, 2.45) is 0 Å². The molecule has 8 nitrogen and oxygen atoms in total. The first kappa shape index (κ1) is 22.0. The Hall–Kier alpha value is -2.67. The summed E-state index contributed by atoms with van der Waals surface area (Å²) in [7, 11) is 0. The van der Waals surface area contributed by atoms with Crippen LogP contribution in [0, 0.1) is 25.5 Å². The summed E-state index contributed by atoms with van der Waals surface area (Å²) in [6.07, 6.45) is 2.87. The van der Waals surface area contributed by atoms with E-state index in [0.29, 0.717) is 6.07 Å². The number of amides is 1. The number of halogens is 2. The minimum absolute atomic E-state index is 0.0341. The molecule has 2 heterocycles. The fourth-order valence-electron chi connectivity index (χ4n) is 2.75. The molecule has 2 atom stereocenters. The average molecular weight is 453 g/mol. The van der Waals surface area contributed by atoms with Crippen molar-refractivity contribution in [3.05, 3.63) is 74.8 Å². The van der Waals surface area contributed by atoms with Crippen molar-refractivity contribution in [3.63, 3.8) is 0 Å². The zero-order chi connectivity index (χ0) is 21.8. The number of nitrogens with zero attached hydrogens (tertiary/aromatic N) is 3. The largest absolute Gasteiger partial charge is 0.346 e. The molecule has 3 N–H and O–H groups in total. The molecule has 0 saturated carbocycles. The van der Waals surface area contributed by atoms with E-state index in [4.69, 9.17) is 0 Å². The molecule has 30 heavy (non-hydrogen) atoms. The van der Waals surface area contributed by atoms with Gasteiger partial charge in [0.25, 0.3) is 5.91 Å². The van der Waals surface area contributed by atoms with Crippen molar-refractivity contribution >= 4 is 28.5 Å². The first-order chi connectivity index (χ1) is 14.2. The lowest BCUT2D eigenvalue weighted by molar-refractivity contribution is 0.0945. The monoisotopic (exact) mass is 453 g/mol. The maximum Gasteiger partial charge on any atom is 0.271 e. The molecule has 3 aromatic rings. The van der Waals surface area contributed by atoms with Crippen LogP contribution in [0.3, 0.4) is 0 Å². The number of benzene rings is 1. The normalized spacial score (nSPS) is 13.1. The lowest BCUT2D eigenvalue weighted by atomic mass is 10.0. The van der Waals surface area contributed by atoms with E-state index in [9.17, 15) is 22.3 Å². The number of aryl methyl sites for hydroxylation is 2. The first-order valence-electron chi connectivity index (χ1n) is 8.59. The van der Waals surface area contributed by atoms with Crippen LogP contribution < -0.4 is 10.0 Å². The highest BCUT2D eigenvalue weighted by Crippen LogP contribution is 2.24. The van der Waals surface area contributed by atoms with Crippen LogP contribution in [-0.2, 0) is 17.8 Å². The Morgan fingerprint density at radius 2 is 1.90 bits per heavy atom. The van der Waals surface area contributed by atoms with Gasteiger partial charge in [0, 0.05) is 17.1 Å². The van der Waals surface area contributed by atoms with Crippen LogP contribution in [0.5, 0.6) is 0 Å². The summed E-state index contributed by atoms with van der Waals surface area (Å²) in [5, 5.41) is 3.59. The van der Waals surface area contributed by atoms with Crippen molar-refractivity contribution in [1.82, 2.24) is 25.0 Å². The molecular formula is C18H17F2N5O3S2. The lowest BCUT2D eigenvalue weighted by Crippen LogP contribution is -2.28. The first-order valence-corrected chi connectivity index (χ1v) is 10.5. The van der Waals surface area contributed by atoms with Crippen molar-refractivity contribution < 1.29 is 22.3 Å². The molecule has 3 rings (SSSR count). The summed E-state index contributed by atoms with van der Waals surface area (Å²) in [6.45, 7) is 3.68. The molecular weight excluding hydrogens is 436 g/mol. The smallest absolute Gasteiger partial charge is 0.271 e. The molecule has 158 valence electrons. The SMILES string of the molecule is Cc1ncc(CNC(=O)c2cnc(C(NS(=O)O)c3cc(F)cc(F)c3)c(C)n2)s1. The van der Waals surface area contributed by atoms with Crippen LogP contribution >= 0.6 is 11.3 Å². The van der Waals surface area contributed by atoms with Gasteiger partial charge in [-0.1, -0.05) is 0 Å². The second kappa shape index (κ2) is 9.43. The number of carbonyl (C=O) groups is 1. The van der Waals surface area contributed by atoms with E-state index >= 15 is 0 Å². The Kier molecular flexibility index (Phi) is 6.92. The van der Waals surface area contributed by atoms with E-state index in [2.05, 4.69) is 25.0 Å². The van der Waals surface area contributed by atoms with Gasteiger partial charge in [-0.05, 0) is 31.5 Å². The third-order valence-corrected chi connectivity index (χ3v) is 5.37. The van der Waals surface area contributed by atoms with Gasteiger partial charge in [0.05, 0.1) is 35.2 Å². The van der Waals surface area contributed by atoms with Gasteiger partial charge in [0.2, 0.25) is 11.3 Å². The number of hydrogen-bond acceptors (Lipinski definition) is 6. The maximum atomic E-state index is 13.6. The van der Waals surface area contributed by atoms with Crippen LogP contribution in [0.15, 0.2) is 30.6 Å². The van der Waals surface area contributed by atoms with Crippen LogP contribution in [0.2, 0.25) is 0 Å². The fraction of sp³-hybridized carbons (Fsp3) is 0.222. The van der Waals surface area contributed by atoms with Gasteiger partial charge >= 0.3 is 0 Å².